The van der Waals surface area contributed by atoms with Crippen molar-refractivity contribution in [3.8, 4) is 5.82 Å². The summed E-state index contributed by atoms with van der Waals surface area (Å²) >= 11 is 18.0. The van der Waals surface area contributed by atoms with Gasteiger partial charge in [0.25, 0.3) is 0 Å². The number of hydrogen-bond acceptors (Lipinski definition) is 3. The van der Waals surface area contributed by atoms with Crippen LogP contribution in [0.3, 0.4) is 0 Å². The topological polar surface area (TPSA) is 42.7 Å². The lowest BCUT2D eigenvalue weighted by Crippen LogP contribution is -2.06. The van der Waals surface area contributed by atoms with Gasteiger partial charge < -0.3 is 5.32 Å². The van der Waals surface area contributed by atoms with Crippen molar-refractivity contribution >= 4 is 40.6 Å². The van der Waals surface area contributed by atoms with E-state index in [1.165, 1.54) is 10.9 Å². The van der Waals surface area contributed by atoms with Crippen molar-refractivity contribution in [1.82, 2.24) is 14.8 Å². The molecule has 0 fully saturated rings. The second-order valence-electron chi connectivity index (χ2n) is 3.65. The second kappa shape index (κ2) is 5.78. The highest BCUT2D eigenvalue weighted by Gasteiger charge is 2.11. The smallest absolute Gasteiger partial charge is 0.174 e. The van der Waals surface area contributed by atoms with E-state index in [4.69, 9.17) is 34.8 Å². The zero-order valence-electron chi connectivity index (χ0n) is 9.62. The summed E-state index contributed by atoms with van der Waals surface area (Å²) in [5.74, 6) is 1.08. The Labute approximate surface area is 120 Å². The number of rotatable bonds is 4. The van der Waals surface area contributed by atoms with E-state index in [-0.39, 0.29) is 0 Å². The highest BCUT2D eigenvalue weighted by atomic mass is 35.5. The largest absolute Gasteiger partial charge is 0.369 e. The molecular formula is C11H11Cl3N4. The summed E-state index contributed by atoms with van der Waals surface area (Å²) < 4.78 is 1.51. The van der Waals surface area contributed by atoms with Gasteiger partial charge in [0.1, 0.15) is 5.82 Å². The molecule has 0 amide bonds. The van der Waals surface area contributed by atoms with Crippen LogP contribution >= 0.6 is 34.8 Å². The minimum Gasteiger partial charge on any atom is -0.369 e. The van der Waals surface area contributed by atoms with Crippen LogP contribution in [0.1, 0.15) is 13.3 Å². The number of anilines is 1. The van der Waals surface area contributed by atoms with E-state index in [1.54, 1.807) is 12.3 Å². The third kappa shape index (κ3) is 2.88. The van der Waals surface area contributed by atoms with Crippen LogP contribution in [0.5, 0.6) is 0 Å². The molecule has 0 bridgehead atoms. The Morgan fingerprint density at radius 2 is 2.06 bits per heavy atom. The van der Waals surface area contributed by atoms with Crippen molar-refractivity contribution in [2.75, 3.05) is 11.9 Å². The van der Waals surface area contributed by atoms with E-state index in [0.717, 1.165) is 13.0 Å². The maximum atomic E-state index is 6.10. The monoisotopic (exact) mass is 304 g/mol. The van der Waals surface area contributed by atoms with Crippen molar-refractivity contribution < 1.29 is 0 Å². The molecule has 0 aromatic carbocycles. The van der Waals surface area contributed by atoms with Crippen LogP contribution in [-0.2, 0) is 0 Å². The molecule has 0 spiro atoms. The van der Waals surface area contributed by atoms with Crippen molar-refractivity contribution in [2.45, 2.75) is 13.3 Å². The van der Waals surface area contributed by atoms with Gasteiger partial charge in [-0.1, -0.05) is 41.7 Å². The fraction of sp³-hybridized carbons (Fsp3) is 0.273. The van der Waals surface area contributed by atoms with Crippen LogP contribution in [-0.4, -0.2) is 21.3 Å². The van der Waals surface area contributed by atoms with Gasteiger partial charge in [0, 0.05) is 6.54 Å². The van der Waals surface area contributed by atoms with Crippen molar-refractivity contribution in [2.24, 2.45) is 0 Å². The summed E-state index contributed by atoms with van der Waals surface area (Å²) in [6, 6.07) is 1.64. The molecule has 7 heteroatoms. The molecule has 4 nitrogen and oxygen atoms in total. The molecule has 0 unspecified atom stereocenters. The Balaban J connectivity index is 2.41. The van der Waals surface area contributed by atoms with Gasteiger partial charge in [-0.05, 0) is 12.5 Å². The van der Waals surface area contributed by atoms with Gasteiger partial charge >= 0.3 is 0 Å². The minimum absolute atomic E-state index is 0.418. The summed E-state index contributed by atoms with van der Waals surface area (Å²) in [4.78, 5) is 4.36. The number of halogens is 3. The molecule has 2 heterocycles. The van der Waals surface area contributed by atoms with E-state index < -0.39 is 0 Å². The van der Waals surface area contributed by atoms with E-state index in [9.17, 15) is 0 Å². The third-order valence-electron chi connectivity index (χ3n) is 2.22. The normalized spacial score (nSPS) is 10.7. The van der Waals surface area contributed by atoms with Gasteiger partial charge in [-0.2, -0.15) is 5.10 Å². The summed E-state index contributed by atoms with van der Waals surface area (Å²) in [7, 11) is 0. The first kappa shape index (κ1) is 13.5. The molecule has 2 aromatic rings. The van der Waals surface area contributed by atoms with E-state index in [1.807, 2.05) is 0 Å². The molecule has 0 radical (unpaired) electrons. The van der Waals surface area contributed by atoms with Crippen LogP contribution in [0.2, 0.25) is 15.1 Å². The molecule has 0 atom stereocenters. The fourth-order valence-electron chi connectivity index (χ4n) is 1.40. The van der Waals surface area contributed by atoms with Crippen LogP contribution in [0.25, 0.3) is 5.82 Å². The number of hydrogen-bond donors (Lipinski definition) is 1. The Morgan fingerprint density at radius 3 is 2.67 bits per heavy atom. The van der Waals surface area contributed by atoms with Gasteiger partial charge in [-0.25, -0.2) is 9.67 Å². The van der Waals surface area contributed by atoms with Gasteiger partial charge in [-0.3, -0.25) is 0 Å². The summed E-state index contributed by atoms with van der Waals surface area (Å²) in [6.45, 7) is 2.85. The second-order valence-corrected chi connectivity index (χ2v) is 4.90. The predicted octanol–water partition coefficient (Wildman–Crippen LogP) is 4.05. The van der Waals surface area contributed by atoms with Crippen molar-refractivity contribution in [3.63, 3.8) is 0 Å². The first-order valence-electron chi connectivity index (χ1n) is 5.42. The number of nitrogens with zero attached hydrogens (tertiary/aromatic N) is 3. The van der Waals surface area contributed by atoms with Crippen LogP contribution in [0, 0.1) is 0 Å². The number of aromatic nitrogens is 3. The molecular weight excluding hydrogens is 295 g/mol. The maximum absolute atomic E-state index is 6.10. The highest BCUT2D eigenvalue weighted by Crippen LogP contribution is 2.28. The number of nitrogens with one attached hydrogen (secondary N) is 1. The van der Waals surface area contributed by atoms with Crippen LogP contribution in [0.4, 0.5) is 5.82 Å². The zero-order valence-corrected chi connectivity index (χ0v) is 11.9. The average Bonchev–Trinajstić information content (AvgIpc) is 2.74. The highest BCUT2D eigenvalue weighted by molar-refractivity contribution is 6.36. The summed E-state index contributed by atoms with van der Waals surface area (Å²) in [5, 5.41) is 8.62. The van der Waals surface area contributed by atoms with Crippen molar-refractivity contribution in [1.29, 1.82) is 0 Å². The lowest BCUT2D eigenvalue weighted by atomic mass is 10.4. The Kier molecular flexibility index (Phi) is 4.32. The fourth-order valence-corrected chi connectivity index (χ4v) is 2.05. The van der Waals surface area contributed by atoms with Gasteiger partial charge in [-0.15, -0.1) is 0 Å². The number of pyridine rings is 1. The lowest BCUT2D eigenvalue weighted by Gasteiger charge is -2.10. The summed E-state index contributed by atoms with van der Waals surface area (Å²) in [6.07, 6.45) is 4.13. The SMILES string of the molecule is CCCNc1nc(-n2cc(Cl)cn2)c(Cl)cc1Cl. The molecule has 1 N–H and O–H groups in total. The third-order valence-corrected chi connectivity index (χ3v) is 2.98. The molecule has 2 rings (SSSR count). The molecule has 18 heavy (non-hydrogen) atoms. The molecule has 2 aromatic heterocycles. The lowest BCUT2D eigenvalue weighted by molar-refractivity contribution is 0.845. The Bertz CT molecular complexity index is 553. The van der Waals surface area contributed by atoms with Crippen molar-refractivity contribution in [3.05, 3.63) is 33.5 Å². The first-order chi connectivity index (χ1) is 8.61. The van der Waals surface area contributed by atoms with E-state index >= 15 is 0 Å². The van der Waals surface area contributed by atoms with Gasteiger partial charge in [0.15, 0.2) is 5.82 Å². The molecule has 0 aliphatic heterocycles. The standard InChI is InChI=1S/C11H11Cl3N4/c1-2-3-15-10-8(13)4-9(14)11(17-10)18-6-7(12)5-16-18/h4-6H,2-3H2,1H3,(H,15,17). The molecule has 96 valence electrons. The maximum Gasteiger partial charge on any atom is 0.174 e. The first-order valence-corrected chi connectivity index (χ1v) is 6.55. The zero-order chi connectivity index (χ0) is 13.1. The molecule has 0 saturated carbocycles. The Hall–Kier alpha value is -0.970. The molecule has 0 aliphatic carbocycles. The van der Waals surface area contributed by atoms with Crippen LogP contribution < -0.4 is 5.32 Å². The molecule has 0 saturated heterocycles. The van der Waals surface area contributed by atoms with Crippen LogP contribution in [0.15, 0.2) is 18.5 Å². The van der Waals surface area contributed by atoms with E-state index in [0.29, 0.717) is 26.7 Å². The minimum atomic E-state index is 0.418. The summed E-state index contributed by atoms with van der Waals surface area (Å²) in [5.41, 5.74) is 0. The molecule has 0 aliphatic rings. The average molecular weight is 306 g/mol. The van der Waals surface area contributed by atoms with Gasteiger partial charge in [0.05, 0.1) is 27.5 Å². The van der Waals surface area contributed by atoms with Gasteiger partial charge in [0.2, 0.25) is 0 Å². The quantitative estimate of drug-likeness (QED) is 0.926. The Morgan fingerprint density at radius 1 is 1.28 bits per heavy atom. The predicted molar refractivity (Wildman–Crippen MR) is 75.2 cm³/mol. The van der Waals surface area contributed by atoms with E-state index in [2.05, 4.69) is 22.3 Å².